The molecule has 1 atom stereocenters. The molecule has 1 unspecified atom stereocenters. The summed E-state index contributed by atoms with van der Waals surface area (Å²) in [5.74, 6) is -0.680. The van der Waals surface area contributed by atoms with Crippen LogP contribution in [0.2, 0.25) is 0 Å². The van der Waals surface area contributed by atoms with E-state index in [2.05, 4.69) is 9.80 Å². The van der Waals surface area contributed by atoms with E-state index in [1.54, 1.807) is 37.4 Å². The number of hydrogen-bond donors (Lipinski definition) is 0. The van der Waals surface area contributed by atoms with Gasteiger partial charge in [-0.2, -0.15) is 0 Å². The number of anilines is 1. The number of aryl methyl sites for hydroxylation is 1. The zero-order valence-corrected chi connectivity index (χ0v) is 15.9. The standard InChI is InChI=1S/C21H22FN3O3/c1-14(20(26)15-3-8-18-19(13-15)28-21(27)23(18)2)24-9-11-25(12-10-24)17-6-4-16(22)5-7-17/h3-8,13-14H,9-12H2,1-2H3. The second-order valence-corrected chi connectivity index (χ2v) is 7.15. The van der Waals surface area contributed by atoms with Gasteiger partial charge in [-0.3, -0.25) is 14.3 Å². The number of aromatic nitrogens is 1. The third-order valence-corrected chi connectivity index (χ3v) is 5.51. The van der Waals surface area contributed by atoms with Crippen molar-refractivity contribution in [1.29, 1.82) is 0 Å². The highest BCUT2D eigenvalue weighted by atomic mass is 19.1. The lowest BCUT2D eigenvalue weighted by molar-refractivity contribution is 0.0830. The zero-order valence-electron chi connectivity index (χ0n) is 15.9. The van der Waals surface area contributed by atoms with Crippen molar-refractivity contribution < 1.29 is 13.6 Å². The van der Waals surface area contributed by atoms with E-state index in [0.717, 1.165) is 31.9 Å². The number of ketones is 1. The second kappa shape index (κ2) is 7.24. The van der Waals surface area contributed by atoms with Gasteiger partial charge in [-0.25, -0.2) is 9.18 Å². The molecular formula is C21H22FN3O3. The second-order valence-electron chi connectivity index (χ2n) is 7.15. The van der Waals surface area contributed by atoms with Crippen molar-refractivity contribution in [1.82, 2.24) is 9.47 Å². The first-order valence-electron chi connectivity index (χ1n) is 9.32. The first-order chi connectivity index (χ1) is 13.4. The van der Waals surface area contributed by atoms with Gasteiger partial charge in [0.05, 0.1) is 11.6 Å². The highest BCUT2D eigenvalue weighted by molar-refractivity contribution is 6.01. The van der Waals surface area contributed by atoms with Crippen molar-refractivity contribution in [3.8, 4) is 0 Å². The van der Waals surface area contributed by atoms with Gasteiger partial charge in [0.15, 0.2) is 11.4 Å². The molecule has 28 heavy (non-hydrogen) atoms. The Bertz CT molecular complexity index is 1060. The number of benzene rings is 2. The maximum atomic E-state index is 13.1. The van der Waals surface area contributed by atoms with E-state index in [1.165, 1.54) is 16.7 Å². The summed E-state index contributed by atoms with van der Waals surface area (Å²) in [6.45, 7) is 4.94. The zero-order chi connectivity index (χ0) is 19.8. The molecule has 0 amide bonds. The number of carbonyl (C=O) groups is 1. The molecule has 4 rings (SSSR count). The quantitative estimate of drug-likeness (QED) is 0.649. The molecule has 0 N–H and O–H groups in total. The Hall–Kier alpha value is -2.93. The number of rotatable bonds is 4. The molecule has 146 valence electrons. The van der Waals surface area contributed by atoms with Crippen molar-refractivity contribution in [2.24, 2.45) is 7.05 Å². The molecule has 0 radical (unpaired) electrons. The molecule has 1 aromatic heterocycles. The molecule has 1 fully saturated rings. The Balaban J connectivity index is 1.44. The third-order valence-electron chi connectivity index (χ3n) is 5.51. The number of nitrogens with zero attached hydrogens (tertiary/aromatic N) is 3. The summed E-state index contributed by atoms with van der Waals surface area (Å²) in [4.78, 5) is 28.9. The summed E-state index contributed by atoms with van der Waals surface area (Å²) >= 11 is 0. The minimum atomic E-state index is -0.440. The van der Waals surface area contributed by atoms with Crippen LogP contribution in [0, 0.1) is 5.82 Å². The molecule has 2 heterocycles. The minimum absolute atomic E-state index is 0.00337. The van der Waals surface area contributed by atoms with Gasteiger partial charge < -0.3 is 9.32 Å². The average molecular weight is 383 g/mol. The van der Waals surface area contributed by atoms with Crippen molar-refractivity contribution in [2.75, 3.05) is 31.1 Å². The Morgan fingerprint density at radius 2 is 1.75 bits per heavy atom. The van der Waals surface area contributed by atoms with Gasteiger partial charge in [-0.05, 0) is 49.4 Å². The Morgan fingerprint density at radius 3 is 2.43 bits per heavy atom. The Labute approximate surface area is 161 Å². The molecule has 3 aromatic rings. The van der Waals surface area contributed by atoms with Crippen LogP contribution in [0.25, 0.3) is 11.1 Å². The molecule has 1 saturated heterocycles. The SMILES string of the molecule is CC(C(=O)c1ccc2c(c1)oc(=O)n2C)N1CCN(c2ccc(F)cc2)CC1. The van der Waals surface area contributed by atoms with Crippen LogP contribution in [0.5, 0.6) is 0 Å². The largest absolute Gasteiger partial charge is 0.419 e. The fraction of sp³-hybridized carbons (Fsp3) is 0.333. The van der Waals surface area contributed by atoms with E-state index in [1.807, 2.05) is 6.92 Å². The predicted octanol–water partition coefficient (Wildman–Crippen LogP) is 2.66. The van der Waals surface area contributed by atoms with Crippen LogP contribution in [-0.2, 0) is 7.05 Å². The van der Waals surface area contributed by atoms with Crippen LogP contribution >= 0.6 is 0 Å². The molecule has 0 saturated carbocycles. The fourth-order valence-corrected chi connectivity index (χ4v) is 3.71. The van der Waals surface area contributed by atoms with E-state index < -0.39 is 5.76 Å². The Kier molecular flexibility index (Phi) is 4.77. The van der Waals surface area contributed by atoms with Gasteiger partial charge in [-0.1, -0.05) is 0 Å². The summed E-state index contributed by atoms with van der Waals surface area (Å²) in [5.41, 5.74) is 2.62. The number of carbonyl (C=O) groups excluding carboxylic acids is 1. The highest BCUT2D eigenvalue weighted by Crippen LogP contribution is 2.20. The topological polar surface area (TPSA) is 58.7 Å². The lowest BCUT2D eigenvalue weighted by atomic mass is 10.0. The van der Waals surface area contributed by atoms with Crippen LogP contribution in [0.4, 0.5) is 10.1 Å². The molecule has 7 heteroatoms. The fourth-order valence-electron chi connectivity index (χ4n) is 3.71. The first-order valence-corrected chi connectivity index (χ1v) is 9.32. The van der Waals surface area contributed by atoms with Crippen molar-refractivity contribution >= 4 is 22.6 Å². The maximum absolute atomic E-state index is 13.1. The van der Waals surface area contributed by atoms with E-state index >= 15 is 0 Å². The molecule has 2 aromatic carbocycles. The molecule has 0 aliphatic carbocycles. The molecule has 6 nitrogen and oxygen atoms in total. The maximum Gasteiger partial charge on any atom is 0.419 e. The van der Waals surface area contributed by atoms with Gasteiger partial charge >= 0.3 is 5.76 Å². The smallest absolute Gasteiger partial charge is 0.408 e. The lowest BCUT2D eigenvalue weighted by Gasteiger charge is -2.38. The third kappa shape index (κ3) is 3.33. The van der Waals surface area contributed by atoms with Crippen LogP contribution in [0.1, 0.15) is 17.3 Å². The van der Waals surface area contributed by atoms with Crippen LogP contribution in [0.15, 0.2) is 51.7 Å². The van der Waals surface area contributed by atoms with Crippen LogP contribution in [-0.4, -0.2) is 47.5 Å². The molecule has 0 bridgehead atoms. The number of fused-ring (bicyclic) bond motifs is 1. The molecule has 0 spiro atoms. The van der Waals surface area contributed by atoms with Gasteiger partial charge in [-0.15, -0.1) is 0 Å². The van der Waals surface area contributed by atoms with Gasteiger partial charge in [0.2, 0.25) is 0 Å². The number of piperazine rings is 1. The van der Waals surface area contributed by atoms with Gasteiger partial charge in [0, 0.05) is 44.5 Å². The highest BCUT2D eigenvalue weighted by Gasteiger charge is 2.27. The van der Waals surface area contributed by atoms with E-state index in [0.29, 0.717) is 16.7 Å². The molecular weight excluding hydrogens is 361 g/mol. The van der Waals surface area contributed by atoms with Crippen molar-refractivity contribution in [3.63, 3.8) is 0 Å². The number of hydrogen-bond acceptors (Lipinski definition) is 5. The Morgan fingerprint density at radius 1 is 1.07 bits per heavy atom. The van der Waals surface area contributed by atoms with Crippen molar-refractivity contribution in [3.05, 3.63) is 64.4 Å². The number of halogens is 1. The predicted molar refractivity (Wildman–Crippen MR) is 105 cm³/mol. The van der Waals surface area contributed by atoms with Gasteiger partial charge in [0.1, 0.15) is 5.82 Å². The first kappa shape index (κ1) is 18.4. The normalized spacial score (nSPS) is 16.5. The van der Waals surface area contributed by atoms with Crippen LogP contribution < -0.4 is 10.7 Å². The van der Waals surface area contributed by atoms with Crippen molar-refractivity contribution in [2.45, 2.75) is 13.0 Å². The van der Waals surface area contributed by atoms with E-state index in [9.17, 15) is 14.0 Å². The monoisotopic (exact) mass is 383 g/mol. The average Bonchev–Trinajstić information content (AvgIpc) is 3.01. The lowest BCUT2D eigenvalue weighted by Crippen LogP contribution is -2.51. The minimum Gasteiger partial charge on any atom is -0.408 e. The van der Waals surface area contributed by atoms with Crippen LogP contribution in [0.3, 0.4) is 0 Å². The summed E-state index contributed by atoms with van der Waals surface area (Å²) in [7, 11) is 1.64. The molecule has 1 aliphatic heterocycles. The molecule has 1 aliphatic rings. The van der Waals surface area contributed by atoms with E-state index in [-0.39, 0.29) is 17.6 Å². The number of Topliss-reactive ketones (excluding diaryl/α,β-unsaturated/α-hetero) is 1. The van der Waals surface area contributed by atoms with Gasteiger partial charge in [0.25, 0.3) is 0 Å². The summed E-state index contributed by atoms with van der Waals surface area (Å²) in [6, 6.07) is 11.3. The number of oxazole rings is 1. The summed E-state index contributed by atoms with van der Waals surface area (Å²) in [6.07, 6.45) is 0. The summed E-state index contributed by atoms with van der Waals surface area (Å²) < 4.78 is 19.7. The summed E-state index contributed by atoms with van der Waals surface area (Å²) in [5, 5.41) is 0. The van der Waals surface area contributed by atoms with E-state index in [4.69, 9.17) is 4.42 Å².